The number of ether oxygens (including phenoxy) is 1. The van der Waals surface area contributed by atoms with Crippen LogP contribution in [0.3, 0.4) is 0 Å². The molecule has 0 aliphatic carbocycles. The quantitative estimate of drug-likeness (QED) is 0.624. The first kappa shape index (κ1) is 18.7. The summed E-state index contributed by atoms with van der Waals surface area (Å²) >= 11 is 1.33. The minimum Gasteiger partial charge on any atom is -0.465 e. The fourth-order valence-electron chi connectivity index (χ4n) is 2.06. The number of esters is 1. The Labute approximate surface area is 146 Å². The van der Waals surface area contributed by atoms with Crippen LogP contribution < -0.4 is 5.32 Å². The van der Waals surface area contributed by atoms with Gasteiger partial charge < -0.3 is 10.1 Å². The Hall–Kier alpha value is -2.61. The molecule has 0 aliphatic heterocycles. The van der Waals surface area contributed by atoms with Gasteiger partial charge in [0.15, 0.2) is 5.78 Å². The van der Waals surface area contributed by atoms with E-state index in [9.17, 15) is 23.2 Å². The molecule has 0 aliphatic rings. The van der Waals surface area contributed by atoms with E-state index in [4.69, 9.17) is 0 Å². The first-order valence-electron chi connectivity index (χ1n) is 7.28. The monoisotopic (exact) mass is 367 g/mol. The molecule has 132 valence electrons. The van der Waals surface area contributed by atoms with Crippen molar-refractivity contribution in [1.82, 2.24) is 0 Å². The molecule has 0 spiro atoms. The van der Waals surface area contributed by atoms with E-state index in [-0.39, 0.29) is 24.3 Å². The molecule has 1 amide bonds. The van der Waals surface area contributed by atoms with Crippen LogP contribution in [0.25, 0.3) is 0 Å². The van der Waals surface area contributed by atoms with Crippen LogP contribution in [0.4, 0.5) is 14.5 Å². The minimum atomic E-state index is -1.09. The van der Waals surface area contributed by atoms with Gasteiger partial charge in [0.25, 0.3) is 0 Å². The Morgan fingerprint density at radius 2 is 1.84 bits per heavy atom. The first-order chi connectivity index (χ1) is 11.8. The molecule has 2 aromatic rings. The number of carbonyl (C=O) groups excluding carboxylic acids is 3. The SMILES string of the molecule is COC(=O)c1cc(NC(=O)CCC(=O)c2ccc(C)s2)c(F)cc1F. The predicted octanol–water partition coefficient (Wildman–Crippen LogP) is 3.72. The van der Waals surface area contributed by atoms with Gasteiger partial charge in [0.1, 0.15) is 11.6 Å². The maximum atomic E-state index is 13.8. The van der Waals surface area contributed by atoms with Crippen LogP contribution in [0.15, 0.2) is 24.3 Å². The second-order valence-electron chi connectivity index (χ2n) is 5.19. The van der Waals surface area contributed by atoms with Crippen molar-refractivity contribution in [2.75, 3.05) is 12.4 Å². The summed E-state index contributed by atoms with van der Waals surface area (Å²) in [7, 11) is 1.06. The molecule has 0 saturated heterocycles. The highest BCUT2D eigenvalue weighted by atomic mass is 32.1. The number of rotatable bonds is 6. The molecule has 5 nitrogen and oxygen atoms in total. The molecular formula is C17H15F2NO4S. The van der Waals surface area contributed by atoms with E-state index in [1.54, 1.807) is 12.1 Å². The van der Waals surface area contributed by atoms with E-state index in [2.05, 4.69) is 10.1 Å². The van der Waals surface area contributed by atoms with Gasteiger partial charge >= 0.3 is 5.97 Å². The Kier molecular flexibility index (Phi) is 5.97. The number of thiophene rings is 1. The van der Waals surface area contributed by atoms with Gasteiger partial charge in [-0.05, 0) is 25.1 Å². The van der Waals surface area contributed by atoms with E-state index in [1.165, 1.54) is 11.3 Å². The summed E-state index contributed by atoms with van der Waals surface area (Å²) in [6.45, 7) is 1.87. The van der Waals surface area contributed by atoms with Crippen LogP contribution in [0.2, 0.25) is 0 Å². The standard InChI is InChI=1S/C17H15F2NO4S/c1-9-3-5-15(25-9)14(21)4-6-16(22)20-13-7-10(17(23)24-2)11(18)8-12(13)19/h3,5,7-8H,4,6H2,1-2H3,(H,20,22). The number of nitrogens with one attached hydrogen (secondary N) is 1. The number of aryl methyl sites for hydroxylation is 1. The van der Waals surface area contributed by atoms with Gasteiger partial charge in [-0.3, -0.25) is 9.59 Å². The number of benzene rings is 1. The lowest BCUT2D eigenvalue weighted by molar-refractivity contribution is -0.116. The highest BCUT2D eigenvalue weighted by Gasteiger charge is 2.18. The fraction of sp³-hybridized carbons (Fsp3) is 0.235. The van der Waals surface area contributed by atoms with Crippen molar-refractivity contribution in [1.29, 1.82) is 0 Å². The second kappa shape index (κ2) is 7.98. The van der Waals surface area contributed by atoms with Crippen molar-refractivity contribution < 1.29 is 27.9 Å². The van der Waals surface area contributed by atoms with Gasteiger partial charge in [-0.25, -0.2) is 13.6 Å². The van der Waals surface area contributed by atoms with Crippen molar-refractivity contribution >= 4 is 34.7 Å². The van der Waals surface area contributed by atoms with Crippen LogP contribution in [0.5, 0.6) is 0 Å². The average molecular weight is 367 g/mol. The third-order valence-corrected chi connectivity index (χ3v) is 4.37. The zero-order valence-corrected chi connectivity index (χ0v) is 14.3. The summed E-state index contributed by atoms with van der Waals surface area (Å²) in [4.78, 5) is 36.8. The molecule has 8 heteroatoms. The van der Waals surface area contributed by atoms with Gasteiger partial charge in [0, 0.05) is 23.8 Å². The summed E-state index contributed by atoms with van der Waals surface area (Å²) in [6, 6.07) is 4.84. The smallest absolute Gasteiger partial charge is 0.340 e. The number of amides is 1. The number of anilines is 1. The lowest BCUT2D eigenvalue weighted by Gasteiger charge is -2.09. The molecule has 2 rings (SSSR count). The van der Waals surface area contributed by atoms with Crippen LogP contribution >= 0.6 is 11.3 Å². The van der Waals surface area contributed by atoms with Gasteiger partial charge in [-0.2, -0.15) is 0 Å². The topological polar surface area (TPSA) is 72.5 Å². The fourth-order valence-corrected chi connectivity index (χ4v) is 2.89. The molecule has 0 fully saturated rings. The molecule has 0 saturated carbocycles. The summed E-state index contributed by atoms with van der Waals surface area (Å²) in [6.07, 6.45) is -0.210. The normalized spacial score (nSPS) is 10.4. The van der Waals surface area contributed by atoms with E-state index >= 15 is 0 Å². The summed E-state index contributed by atoms with van der Waals surface area (Å²) in [5.74, 6) is -3.92. The third-order valence-electron chi connectivity index (χ3n) is 3.33. The molecule has 1 N–H and O–H groups in total. The molecule has 1 aromatic heterocycles. The van der Waals surface area contributed by atoms with Crippen molar-refractivity contribution in [2.45, 2.75) is 19.8 Å². The Balaban J connectivity index is 2.02. The average Bonchev–Trinajstić information content (AvgIpc) is 3.01. The number of halogens is 2. The number of hydrogen-bond donors (Lipinski definition) is 1. The number of hydrogen-bond acceptors (Lipinski definition) is 5. The zero-order chi connectivity index (χ0) is 18.6. The van der Waals surface area contributed by atoms with Crippen LogP contribution in [-0.4, -0.2) is 24.8 Å². The minimum absolute atomic E-state index is 0.0432. The largest absolute Gasteiger partial charge is 0.465 e. The first-order valence-corrected chi connectivity index (χ1v) is 8.10. The van der Waals surface area contributed by atoms with Gasteiger partial charge in [-0.15, -0.1) is 11.3 Å². The van der Waals surface area contributed by atoms with Crippen LogP contribution in [-0.2, 0) is 9.53 Å². The summed E-state index contributed by atoms with van der Waals surface area (Å²) in [5, 5.41) is 2.23. The molecular weight excluding hydrogens is 352 g/mol. The van der Waals surface area contributed by atoms with Gasteiger partial charge in [0.05, 0.1) is 23.2 Å². The third kappa shape index (κ3) is 4.69. The van der Waals surface area contributed by atoms with Crippen molar-refractivity contribution in [3.63, 3.8) is 0 Å². The predicted molar refractivity (Wildman–Crippen MR) is 88.9 cm³/mol. The van der Waals surface area contributed by atoms with Crippen LogP contribution in [0, 0.1) is 18.6 Å². The van der Waals surface area contributed by atoms with E-state index in [1.807, 2.05) is 6.92 Å². The number of methoxy groups -OCH3 is 1. The summed E-state index contributed by atoms with van der Waals surface area (Å²) in [5.41, 5.74) is -0.851. The molecule has 1 aromatic carbocycles. The van der Waals surface area contributed by atoms with E-state index in [0.29, 0.717) is 10.9 Å². The summed E-state index contributed by atoms with van der Waals surface area (Å²) < 4.78 is 31.7. The van der Waals surface area contributed by atoms with E-state index in [0.717, 1.165) is 18.1 Å². The molecule has 0 atom stereocenters. The van der Waals surface area contributed by atoms with Gasteiger partial charge in [0.2, 0.25) is 5.91 Å². The molecule has 0 unspecified atom stereocenters. The van der Waals surface area contributed by atoms with Crippen molar-refractivity contribution in [3.05, 3.63) is 51.2 Å². The molecule has 1 heterocycles. The molecule has 0 radical (unpaired) electrons. The zero-order valence-electron chi connectivity index (χ0n) is 13.5. The molecule has 25 heavy (non-hydrogen) atoms. The van der Waals surface area contributed by atoms with E-state index < -0.39 is 29.1 Å². The highest BCUT2D eigenvalue weighted by molar-refractivity contribution is 7.14. The van der Waals surface area contributed by atoms with Gasteiger partial charge in [-0.1, -0.05) is 0 Å². The Morgan fingerprint density at radius 3 is 2.44 bits per heavy atom. The maximum absolute atomic E-state index is 13.8. The highest BCUT2D eigenvalue weighted by Crippen LogP contribution is 2.21. The molecule has 0 bridgehead atoms. The van der Waals surface area contributed by atoms with Crippen molar-refractivity contribution in [2.24, 2.45) is 0 Å². The lowest BCUT2D eigenvalue weighted by atomic mass is 10.1. The Bertz CT molecular complexity index is 832. The maximum Gasteiger partial charge on any atom is 0.340 e. The number of Topliss-reactive ketones (excluding diaryl/α,β-unsaturated/α-hetero) is 1. The van der Waals surface area contributed by atoms with Crippen molar-refractivity contribution in [3.8, 4) is 0 Å². The lowest BCUT2D eigenvalue weighted by Crippen LogP contribution is -2.15. The number of ketones is 1. The Morgan fingerprint density at radius 1 is 1.12 bits per heavy atom. The number of carbonyl (C=O) groups is 3. The second-order valence-corrected chi connectivity index (χ2v) is 6.47. The van der Waals surface area contributed by atoms with Crippen LogP contribution in [0.1, 0.15) is 37.7 Å².